The molecule has 1 atom stereocenters. The second-order valence-electron chi connectivity index (χ2n) is 3.89. The van der Waals surface area contributed by atoms with Gasteiger partial charge in [-0.3, -0.25) is 0 Å². The third-order valence-corrected chi connectivity index (χ3v) is 4.22. The quantitative estimate of drug-likeness (QED) is 0.868. The standard InChI is InChI=1S/C9H14N2O2S2/c1-15(12,13)6-9-11-8(5-14-9)7-3-2-4-10-7/h5,7,10H,2-4,6H2,1H3. The highest BCUT2D eigenvalue weighted by Gasteiger charge is 2.19. The average molecular weight is 246 g/mol. The largest absolute Gasteiger partial charge is 0.309 e. The highest BCUT2D eigenvalue weighted by atomic mass is 32.2. The molecule has 0 saturated carbocycles. The fourth-order valence-corrected chi connectivity index (χ4v) is 3.77. The summed E-state index contributed by atoms with van der Waals surface area (Å²) in [6.07, 6.45) is 3.51. The van der Waals surface area contributed by atoms with E-state index in [0.717, 1.165) is 18.7 Å². The molecule has 2 rings (SSSR count). The van der Waals surface area contributed by atoms with Crippen LogP contribution in [0, 0.1) is 0 Å². The molecule has 4 nitrogen and oxygen atoms in total. The Labute approximate surface area is 93.7 Å². The zero-order valence-electron chi connectivity index (χ0n) is 8.56. The minimum Gasteiger partial charge on any atom is -0.309 e. The van der Waals surface area contributed by atoms with Crippen LogP contribution in [-0.2, 0) is 15.6 Å². The summed E-state index contributed by atoms with van der Waals surface area (Å²) in [6, 6.07) is 0.328. The van der Waals surface area contributed by atoms with E-state index in [1.165, 1.54) is 24.0 Å². The molecule has 0 amide bonds. The molecule has 1 aliphatic rings. The van der Waals surface area contributed by atoms with Crippen LogP contribution in [0.15, 0.2) is 5.38 Å². The Morgan fingerprint density at radius 3 is 3.07 bits per heavy atom. The topological polar surface area (TPSA) is 59.1 Å². The maximum absolute atomic E-state index is 11.1. The normalized spacial score (nSPS) is 22.1. The van der Waals surface area contributed by atoms with Crippen molar-refractivity contribution in [3.8, 4) is 0 Å². The Morgan fingerprint density at radius 2 is 2.47 bits per heavy atom. The van der Waals surface area contributed by atoms with Crippen LogP contribution in [0.2, 0.25) is 0 Å². The highest BCUT2D eigenvalue weighted by Crippen LogP contribution is 2.24. The van der Waals surface area contributed by atoms with Crippen LogP contribution in [0.25, 0.3) is 0 Å². The van der Waals surface area contributed by atoms with E-state index in [1.807, 2.05) is 5.38 Å². The first-order valence-electron chi connectivity index (χ1n) is 4.90. The van der Waals surface area contributed by atoms with Gasteiger partial charge in [0.2, 0.25) is 0 Å². The van der Waals surface area contributed by atoms with Crippen molar-refractivity contribution >= 4 is 21.2 Å². The van der Waals surface area contributed by atoms with Crippen LogP contribution in [-0.4, -0.2) is 26.2 Å². The number of nitrogens with one attached hydrogen (secondary N) is 1. The van der Waals surface area contributed by atoms with Gasteiger partial charge in [-0.2, -0.15) is 0 Å². The summed E-state index contributed by atoms with van der Waals surface area (Å²) in [5.41, 5.74) is 0.996. The molecular formula is C9H14N2O2S2. The molecular weight excluding hydrogens is 232 g/mol. The summed E-state index contributed by atoms with van der Waals surface area (Å²) < 4.78 is 22.2. The summed E-state index contributed by atoms with van der Waals surface area (Å²) in [6.45, 7) is 1.03. The third-order valence-electron chi connectivity index (χ3n) is 2.37. The van der Waals surface area contributed by atoms with Gasteiger partial charge in [-0.15, -0.1) is 11.3 Å². The lowest BCUT2D eigenvalue weighted by molar-refractivity contribution is 0.600. The minimum absolute atomic E-state index is 0.0599. The van der Waals surface area contributed by atoms with Crippen molar-refractivity contribution in [2.24, 2.45) is 0 Å². The van der Waals surface area contributed by atoms with Crippen molar-refractivity contribution in [3.63, 3.8) is 0 Å². The van der Waals surface area contributed by atoms with Gasteiger partial charge in [0.15, 0.2) is 9.84 Å². The molecule has 1 aromatic rings. The lowest BCUT2D eigenvalue weighted by Gasteiger charge is -2.04. The molecule has 84 valence electrons. The number of nitrogens with zero attached hydrogens (tertiary/aromatic N) is 1. The van der Waals surface area contributed by atoms with Gasteiger partial charge in [0.25, 0.3) is 0 Å². The van der Waals surface area contributed by atoms with Gasteiger partial charge in [-0.25, -0.2) is 13.4 Å². The Hall–Kier alpha value is -0.460. The predicted octanol–water partition coefficient (Wildman–Crippen LogP) is 1.11. The van der Waals surface area contributed by atoms with E-state index in [9.17, 15) is 8.42 Å². The number of aromatic nitrogens is 1. The van der Waals surface area contributed by atoms with E-state index >= 15 is 0 Å². The van der Waals surface area contributed by atoms with Gasteiger partial charge >= 0.3 is 0 Å². The molecule has 1 fully saturated rings. The maximum Gasteiger partial charge on any atom is 0.153 e. The molecule has 0 spiro atoms. The number of thiazole rings is 1. The second-order valence-corrected chi connectivity index (χ2v) is 6.97. The summed E-state index contributed by atoms with van der Waals surface area (Å²) in [5, 5.41) is 6.00. The zero-order valence-corrected chi connectivity index (χ0v) is 10.2. The maximum atomic E-state index is 11.1. The fourth-order valence-electron chi connectivity index (χ4n) is 1.71. The molecule has 6 heteroatoms. The first-order chi connectivity index (χ1) is 7.04. The van der Waals surface area contributed by atoms with Crippen molar-refractivity contribution in [2.45, 2.75) is 24.6 Å². The lowest BCUT2D eigenvalue weighted by Crippen LogP contribution is -2.13. The number of hydrogen-bond donors (Lipinski definition) is 1. The van der Waals surface area contributed by atoms with Crippen molar-refractivity contribution in [3.05, 3.63) is 16.1 Å². The van der Waals surface area contributed by atoms with Crippen LogP contribution in [0.1, 0.15) is 29.6 Å². The Bertz CT molecular complexity index is 433. The molecule has 15 heavy (non-hydrogen) atoms. The molecule has 1 unspecified atom stereocenters. The van der Waals surface area contributed by atoms with E-state index in [0.29, 0.717) is 11.0 Å². The van der Waals surface area contributed by atoms with Gasteiger partial charge in [-0.05, 0) is 19.4 Å². The van der Waals surface area contributed by atoms with Crippen molar-refractivity contribution in [2.75, 3.05) is 12.8 Å². The van der Waals surface area contributed by atoms with Crippen molar-refractivity contribution < 1.29 is 8.42 Å². The molecule has 0 aliphatic carbocycles. The Morgan fingerprint density at radius 1 is 1.67 bits per heavy atom. The van der Waals surface area contributed by atoms with Crippen molar-refractivity contribution in [1.82, 2.24) is 10.3 Å². The molecule has 0 aromatic carbocycles. The summed E-state index contributed by atoms with van der Waals surface area (Å²) in [5.74, 6) is 0.0599. The summed E-state index contributed by atoms with van der Waals surface area (Å²) in [4.78, 5) is 4.35. The Balaban J connectivity index is 2.10. The molecule has 1 aromatic heterocycles. The first kappa shape index (κ1) is 11.0. The van der Waals surface area contributed by atoms with E-state index in [-0.39, 0.29) is 5.75 Å². The predicted molar refractivity (Wildman–Crippen MR) is 60.6 cm³/mol. The van der Waals surface area contributed by atoms with Gasteiger partial charge in [-0.1, -0.05) is 0 Å². The number of sulfone groups is 1. The lowest BCUT2D eigenvalue weighted by atomic mass is 10.2. The van der Waals surface area contributed by atoms with Gasteiger partial charge in [0.05, 0.1) is 11.7 Å². The van der Waals surface area contributed by atoms with E-state index in [4.69, 9.17) is 0 Å². The SMILES string of the molecule is CS(=O)(=O)Cc1nc(C2CCCN2)cs1. The Kier molecular flexibility index (Phi) is 3.08. The van der Waals surface area contributed by atoms with Crippen LogP contribution < -0.4 is 5.32 Å². The van der Waals surface area contributed by atoms with E-state index < -0.39 is 9.84 Å². The minimum atomic E-state index is -2.96. The molecule has 2 heterocycles. The van der Waals surface area contributed by atoms with Crippen LogP contribution in [0.3, 0.4) is 0 Å². The van der Waals surface area contributed by atoms with Crippen LogP contribution in [0.4, 0.5) is 0 Å². The number of hydrogen-bond acceptors (Lipinski definition) is 5. The smallest absolute Gasteiger partial charge is 0.153 e. The molecule has 0 bridgehead atoms. The van der Waals surface area contributed by atoms with Gasteiger partial charge in [0, 0.05) is 11.6 Å². The van der Waals surface area contributed by atoms with Crippen LogP contribution >= 0.6 is 11.3 Å². The molecule has 1 N–H and O–H groups in total. The van der Waals surface area contributed by atoms with Crippen molar-refractivity contribution in [1.29, 1.82) is 0 Å². The summed E-state index contributed by atoms with van der Waals surface area (Å²) >= 11 is 1.43. The van der Waals surface area contributed by atoms with Gasteiger partial charge in [0.1, 0.15) is 10.8 Å². The summed E-state index contributed by atoms with van der Waals surface area (Å²) in [7, 11) is -2.96. The van der Waals surface area contributed by atoms with E-state index in [1.54, 1.807) is 0 Å². The highest BCUT2D eigenvalue weighted by molar-refractivity contribution is 7.90. The monoisotopic (exact) mass is 246 g/mol. The zero-order chi connectivity index (χ0) is 10.9. The average Bonchev–Trinajstić information content (AvgIpc) is 2.68. The first-order valence-corrected chi connectivity index (χ1v) is 7.84. The molecule has 0 radical (unpaired) electrons. The number of rotatable bonds is 3. The molecule has 1 aliphatic heterocycles. The second kappa shape index (κ2) is 4.19. The van der Waals surface area contributed by atoms with Gasteiger partial charge < -0.3 is 5.32 Å². The van der Waals surface area contributed by atoms with E-state index in [2.05, 4.69) is 10.3 Å². The van der Waals surface area contributed by atoms with Crippen LogP contribution in [0.5, 0.6) is 0 Å². The fraction of sp³-hybridized carbons (Fsp3) is 0.667. The third kappa shape index (κ3) is 2.99. The molecule has 1 saturated heterocycles.